The zero-order valence-corrected chi connectivity index (χ0v) is 7.77. The summed E-state index contributed by atoms with van der Waals surface area (Å²) in [7, 11) is 0. The zero-order chi connectivity index (χ0) is 9.97. The minimum Gasteiger partial charge on any atom is -0.486 e. The van der Waals surface area contributed by atoms with Gasteiger partial charge in [0, 0.05) is 6.54 Å². The molecule has 1 unspecified atom stereocenters. The third-order valence-electron chi connectivity index (χ3n) is 2.17. The molecule has 4 heteroatoms. The van der Waals surface area contributed by atoms with Crippen molar-refractivity contribution >= 4 is 0 Å². The highest BCUT2D eigenvalue weighted by molar-refractivity contribution is 5.44. The zero-order valence-electron chi connectivity index (χ0n) is 7.77. The van der Waals surface area contributed by atoms with Crippen LogP contribution in [0.2, 0.25) is 0 Å². The van der Waals surface area contributed by atoms with Crippen molar-refractivity contribution in [3.05, 3.63) is 23.8 Å². The summed E-state index contributed by atoms with van der Waals surface area (Å²) >= 11 is 0. The molecule has 1 aromatic carbocycles. The van der Waals surface area contributed by atoms with E-state index in [1.165, 1.54) is 0 Å². The van der Waals surface area contributed by atoms with Crippen molar-refractivity contribution in [2.24, 2.45) is 5.73 Å². The van der Waals surface area contributed by atoms with Crippen LogP contribution in [0.5, 0.6) is 11.5 Å². The fraction of sp³-hybridized carbons (Fsp3) is 0.400. The molecule has 0 radical (unpaired) electrons. The van der Waals surface area contributed by atoms with Gasteiger partial charge in [0.05, 0.1) is 6.10 Å². The van der Waals surface area contributed by atoms with Gasteiger partial charge in [-0.2, -0.15) is 0 Å². The van der Waals surface area contributed by atoms with Gasteiger partial charge in [0.2, 0.25) is 0 Å². The first-order chi connectivity index (χ1) is 6.81. The maximum absolute atomic E-state index is 9.51. The summed E-state index contributed by atoms with van der Waals surface area (Å²) in [5.41, 5.74) is 6.12. The Morgan fingerprint density at radius 3 is 2.71 bits per heavy atom. The third-order valence-corrected chi connectivity index (χ3v) is 2.17. The summed E-state index contributed by atoms with van der Waals surface area (Å²) in [6.07, 6.45) is -0.633. The van der Waals surface area contributed by atoms with E-state index < -0.39 is 6.10 Å². The Labute approximate surface area is 82.2 Å². The fourth-order valence-corrected chi connectivity index (χ4v) is 1.40. The molecule has 2 rings (SSSR count). The van der Waals surface area contributed by atoms with Gasteiger partial charge in [-0.05, 0) is 17.7 Å². The number of aliphatic hydroxyl groups is 1. The lowest BCUT2D eigenvalue weighted by Gasteiger charge is -2.19. The fourth-order valence-electron chi connectivity index (χ4n) is 1.40. The normalized spacial score (nSPS) is 16.4. The van der Waals surface area contributed by atoms with Gasteiger partial charge in [0.25, 0.3) is 0 Å². The number of aliphatic hydroxyl groups excluding tert-OH is 1. The van der Waals surface area contributed by atoms with Gasteiger partial charge in [-0.15, -0.1) is 0 Å². The Balaban J connectivity index is 2.29. The van der Waals surface area contributed by atoms with Crippen LogP contribution in [-0.2, 0) is 0 Å². The molecular weight excluding hydrogens is 182 g/mol. The van der Waals surface area contributed by atoms with Crippen molar-refractivity contribution in [1.29, 1.82) is 0 Å². The minimum atomic E-state index is -0.633. The Kier molecular flexibility index (Phi) is 2.56. The summed E-state index contributed by atoms with van der Waals surface area (Å²) < 4.78 is 10.7. The Morgan fingerprint density at radius 2 is 2.00 bits per heavy atom. The van der Waals surface area contributed by atoms with E-state index in [9.17, 15) is 5.11 Å². The second-order valence-corrected chi connectivity index (χ2v) is 3.15. The number of hydrogen-bond acceptors (Lipinski definition) is 4. The molecule has 0 fully saturated rings. The van der Waals surface area contributed by atoms with Gasteiger partial charge in [0.1, 0.15) is 13.2 Å². The highest BCUT2D eigenvalue weighted by Crippen LogP contribution is 2.32. The quantitative estimate of drug-likeness (QED) is 0.719. The highest BCUT2D eigenvalue weighted by Gasteiger charge is 2.14. The SMILES string of the molecule is NCC(O)c1ccc2c(c1)OCCO2. The highest BCUT2D eigenvalue weighted by atomic mass is 16.6. The summed E-state index contributed by atoms with van der Waals surface area (Å²) in [5, 5.41) is 9.51. The predicted molar refractivity (Wildman–Crippen MR) is 51.4 cm³/mol. The van der Waals surface area contributed by atoms with Crippen LogP contribution in [0.4, 0.5) is 0 Å². The van der Waals surface area contributed by atoms with E-state index in [1.54, 1.807) is 18.2 Å². The first kappa shape index (κ1) is 9.30. The van der Waals surface area contributed by atoms with Gasteiger partial charge < -0.3 is 20.3 Å². The molecule has 3 N–H and O–H groups in total. The van der Waals surface area contributed by atoms with Crippen LogP contribution in [0, 0.1) is 0 Å². The predicted octanol–water partition coefficient (Wildman–Crippen LogP) is 0.450. The van der Waals surface area contributed by atoms with Crippen LogP contribution in [0.25, 0.3) is 0 Å². The van der Waals surface area contributed by atoms with E-state index in [1.807, 2.05) is 0 Å². The Bertz CT molecular complexity index is 327. The number of fused-ring (bicyclic) bond motifs is 1. The second-order valence-electron chi connectivity index (χ2n) is 3.15. The number of ether oxygens (including phenoxy) is 2. The molecule has 14 heavy (non-hydrogen) atoms. The van der Waals surface area contributed by atoms with E-state index >= 15 is 0 Å². The van der Waals surface area contributed by atoms with Gasteiger partial charge in [0.15, 0.2) is 11.5 Å². The maximum atomic E-state index is 9.51. The van der Waals surface area contributed by atoms with E-state index in [0.717, 1.165) is 11.3 Å². The number of benzene rings is 1. The molecule has 1 aromatic rings. The molecule has 1 heterocycles. The molecule has 4 nitrogen and oxygen atoms in total. The standard InChI is InChI=1S/C10H13NO3/c11-6-8(12)7-1-2-9-10(5-7)14-4-3-13-9/h1-2,5,8,12H,3-4,6,11H2. The molecule has 0 aromatic heterocycles. The first-order valence-electron chi connectivity index (χ1n) is 4.59. The smallest absolute Gasteiger partial charge is 0.161 e. The van der Waals surface area contributed by atoms with Gasteiger partial charge in [-0.25, -0.2) is 0 Å². The summed E-state index contributed by atoms with van der Waals surface area (Å²) in [6.45, 7) is 1.33. The number of rotatable bonds is 2. The van der Waals surface area contributed by atoms with Crippen molar-refractivity contribution in [3.8, 4) is 11.5 Å². The van der Waals surface area contributed by atoms with Crippen LogP contribution < -0.4 is 15.2 Å². The van der Waals surface area contributed by atoms with Crippen molar-refractivity contribution < 1.29 is 14.6 Å². The van der Waals surface area contributed by atoms with E-state index in [2.05, 4.69) is 0 Å². The molecule has 0 amide bonds. The molecule has 1 atom stereocenters. The molecule has 0 spiro atoms. The van der Waals surface area contributed by atoms with Gasteiger partial charge in [-0.3, -0.25) is 0 Å². The topological polar surface area (TPSA) is 64.7 Å². The van der Waals surface area contributed by atoms with Crippen molar-refractivity contribution in [1.82, 2.24) is 0 Å². The minimum absolute atomic E-state index is 0.208. The van der Waals surface area contributed by atoms with Crippen molar-refractivity contribution in [3.63, 3.8) is 0 Å². The van der Waals surface area contributed by atoms with Gasteiger partial charge in [-0.1, -0.05) is 6.07 Å². The maximum Gasteiger partial charge on any atom is 0.161 e. The van der Waals surface area contributed by atoms with Crippen molar-refractivity contribution in [2.45, 2.75) is 6.10 Å². The second kappa shape index (κ2) is 3.86. The molecule has 0 aliphatic carbocycles. The van der Waals surface area contributed by atoms with Crippen LogP contribution in [0.15, 0.2) is 18.2 Å². The summed E-state index contributed by atoms with van der Waals surface area (Å²) in [6, 6.07) is 5.36. The molecule has 1 aliphatic rings. The molecule has 1 aliphatic heterocycles. The van der Waals surface area contributed by atoms with Crippen molar-refractivity contribution in [2.75, 3.05) is 19.8 Å². The lowest BCUT2D eigenvalue weighted by Crippen LogP contribution is -2.16. The number of nitrogens with two attached hydrogens (primary N) is 1. The lowest BCUT2D eigenvalue weighted by molar-refractivity contribution is 0.166. The van der Waals surface area contributed by atoms with E-state index in [0.29, 0.717) is 19.0 Å². The molecule has 76 valence electrons. The Hall–Kier alpha value is -1.26. The lowest BCUT2D eigenvalue weighted by atomic mass is 10.1. The van der Waals surface area contributed by atoms with E-state index in [4.69, 9.17) is 15.2 Å². The van der Waals surface area contributed by atoms with Gasteiger partial charge >= 0.3 is 0 Å². The first-order valence-corrected chi connectivity index (χ1v) is 4.59. The van der Waals surface area contributed by atoms with Crippen LogP contribution in [0.1, 0.15) is 11.7 Å². The monoisotopic (exact) mass is 195 g/mol. The van der Waals surface area contributed by atoms with Crippen LogP contribution in [0.3, 0.4) is 0 Å². The average molecular weight is 195 g/mol. The molecular formula is C10H13NO3. The van der Waals surface area contributed by atoms with Crippen LogP contribution >= 0.6 is 0 Å². The third kappa shape index (κ3) is 1.66. The summed E-state index contributed by atoms with van der Waals surface area (Å²) in [5.74, 6) is 1.41. The molecule has 0 bridgehead atoms. The average Bonchev–Trinajstić information content (AvgIpc) is 2.27. The Morgan fingerprint density at radius 1 is 1.29 bits per heavy atom. The molecule has 0 saturated heterocycles. The van der Waals surface area contributed by atoms with E-state index in [-0.39, 0.29) is 6.54 Å². The molecule has 0 saturated carbocycles. The van der Waals surface area contributed by atoms with Crippen LogP contribution in [-0.4, -0.2) is 24.9 Å². The summed E-state index contributed by atoms with van der Waals surface area (Å²) in [4.78, 5) is 0. The largest absolute Gasteiger partial charge is 0.486 e. The number of hydrogen-bond donors (Lipinski definition) is 2.